The summed E-state index contributed by atoms with van der Waals surface area (Å²) < 4.78 is 50.9. The maximum atomic E-state index is 13.8. The maximum Gasteiger partial charge on any atom is 0.260 e. The highest BCUT2D eigenvalue weighted by Crippen LogP contribution is 2.23. The second-order valence-electron chi connectivity index (χ2n) is 5.51. The minimum absolute atomic E-state index is 0.00727. The van der Waals surface area contributed by atoms with E-state index in [1.807, 2.05) is 6.92 Å². The highest BCUT2D eigenvalue weighted by molar-refractivity contribution is 7.91. The van der Waals surface area contributed by atoms with Crippen LogP contribution in [0.25, 0.3) is 0 Å². The average Bonchev–Trinajstić information content (AvgIpc) is 2.79. The van der Waals surface area contributed by atoms with Gasteiger partial charge in [-0.1, -0.05) is 19.4 Å². The summed E-state index contributed by atoms with van der Waals surface area (Å²) in [5.74, 6) is -2.75. The number of carbonyl (C=O) groups is 1. The lowest BCUT2D eigenvalue weighted by Gasteiger charge is -2.28. The summed E-state index contributed by atoms with van der Waals surface area (Å²) in [6, 6.07) is 2.74. The number of rotatable bonds is 5. The van der Waals surface area contributed by atoms with Gasteiger partial charge in [-0.15, -0.1) is 0 Å². The molecular formula is C15H19F2NO3S. The molecule has 0 N–H and O–H groups in total. The number of carbonyl (C=O) groups excluding carboxylic acids is 1. The van der Waals surface area contributed by atoms with Crippen molar-refractivity contribution in [2.24, 2.45) is 0 Å². The van der Waals surface area contributed by atoms with Crippen molar-refractivity contribution >= 4 is 15.7 Å². The third-order valence-corrected chi connectivity index (χ3v) is 5.59. The van der Waals surface area contributed by atoms with Crippen LogP contribution >= 0.6 is 0 Å². The second kappa shape index (κ2) is 6.73. The van der Waals surface area contributed by atoms with Crippen molar-refractivity contribution in [1.82, 2.24) is 4.90 Å². The van der Waals surface area contributed by atoms with Crippen LogP contribution in [0.1, 0.15) is 36.5 Å². The highest BCUT2D eigenvalue weighted by atomic mass is 32.2. The zero-order valence-corrected chi connectivity index (χ0v) is 13.2. The van der Waals surface area contributed by atoms with Gasteiger partial charge in [0, 0.05) is 12.6 Å². The van der Waals surface area contributed by atoms with Gasteiger partial charge < -0.3 is 4.90 Å². The number of benzene rings is 1. The first-order valence-corrected chi connectivity index (χ1v) is 9.13. The van der Waals surface area contributed by atoms with Crippen molar-refractivity contribution < 1.29 is 22.0 Å². The van der Waals surface area contributed by atoms with E-state index in [0.29, 0.717) is 19.4 Å². The molecule has 1 heterocycles. The summed E-state index contributed by atoms with van der Waals surface area (Å²) in [5.41, 5.74) is -0.608. The quantitative estimate of drug-likeness (QED) is 0.832. The first kappa shape index (κ1) is 16.9. The fourth-order valence-corrected chi connectivity index (χ4v) is 4.38. The number of amides is 1. The van der Waals surface area contributed by atoms with Gasteiger partial charge in [0.2, 0.25) is 0 Å². The Morgan fingerprint density at radius 3 is 2.45 bits per heavy atom. The highest BCUT2D eigenvalue weighted by Gasteiger charge is 2.36. The summed E-state index contributed by atoms with van der Waals surface area (Å²) in [6.45, 7) is 2.22. The molecule has 0 radical (unpaired) electrons. The van der Waals surface area contributed by atoms with Crippen molar-refractivity contribution in [2.75, 3.05) is 18.1 Å². The fraction of sp³-hybridized carbons (Fsp3) is 0.533. The molecule has 1 aliphatic rings. The maximum absolute atomic E-state index is 13.8. The molecule has 0 aromatic heterocycles. The number of sulfone groups is 1. The lowest BCUT2D eigenvalue weighted by atomic mass is 10.1. The van der Waals surface area contributed by atoms with Crippen LogP contribution in [-0.4, -0.2) is 43.3 Å². The van der Waals surface area contributed by atoms with E-state index in [4.69, 9.17) is 0 Å². The molecular weight excluding hydrogens is 312 g/mol. The molecule has 0 bridgehead atoms. The van der Waals surface area contributed by atoms with Crippen molar-refractivity contribution in [2.45, 2.75) is 32.2 Å². The van der Waals surface area contributed by atoms with E-state index in [0.717, 1.165) is 18.6 Å². The monoisotopic (exact) mass is 331 g/mol. The molecule has 0 spiro atoms. The fourth-order valence-electron chi connectivity index (χ4n) is 2.65. The van der Waals surface area contributed by atoms with E-state index >= 15 is 0 Å². The molecule has 1 fully saturated rings. The predicted molar refractivity (Wildman–Crippen MR) is 79.4 cm³/mol. The van der Waals surface area contributed by atoms with E-state index in [-0.39, 0.29) is 11.5 Å². The normalized spacial score (nSPS) is 20.0. The van der Waals surface area contributed by atoms with Gasteiger partial charge in [-0.2, -0.15) is 0 Å². The molecule has 1 unspecified atom stereocenters. The molecule has 0 aliphatic carbocycles. The Labute approximate surface area is 129 Å². The van der Waals surface area contributed by atoms with Gasteiger partial charge >= 0.3 is 0 Å². The average molecular weight is 331 g/mol. The smallest absolute Gasteiger partial charge is 0.260 e. The van der Waals surface area contributed by atoms with Gasteiger partial charge in [-0.3, -0.25) is 4.79 Å². The SMILES string of the molecule is CCCCN(C(=O)c1c(F)cccc1F)C1CCS(=O)(=O)C1. The molecule has 1 aromatic carbocycles. The number of hydrogen-bond donors (Lipinski definition) is 0. The zero-order valence-electron chi connectivity index (χ0n) is 12.4. The minimum Gasteiger partial charge on any atom is -0.334 e. The van der Waals surface area contributed by atoms with Gasteiger partial charge in [0.05, 0.1) is 11.5 Å². The molecule has 4 nitrogen and oxygen atoms in total. The molecule has 1 atom stereocenters. The first-order valence-electron chi connectivity index (χ1n) is 7.31. The van der Waals surface area contributed by atoms with Gasteiger partial charge in [-0.25, -0.2) is 17.2 Å². The van der Waals surface area contributed by atoms with Crippen molar-refractivity contribution in [3.8, 4) is 0 Å². The van der Waals surface area contributed by atoms with Gasteiger partial charge in [0.1, 0.15) is 17.2 Å². The minimum atomic E-state index is -3.18. The van der Waals surface area contributed by atoms with Crippen LogP contribution < -0.4 is 0 Å². The van der Waals surface area contributed by atoms with Crippen LogP contribution in [0.15, 0.2) is 18.2 Å². The van der Waals surface area contributed by atoms with E-state index < -0.39 is 39.0 Å². The Bertz CT molecular complexity index is 641. The van der Waals surface area contributed by atoms with E-state index in [1.54, 1.807) is 0 Å². The molecule has 1 amide bonds. The number of nitrogens with zero attached hydrogens (tertiary/aromatic N) is 1. The van der Waals surface area contributed by atoms with Crippen LogP contribution in [0.5, 0.6) is 0 Å². The third kappa shape index (κ3) is 3.63. The number of halogens is 2. The largest absolute Gasteiger partial charge is 0.334 e. The van der Waals surface area contributed by atoms with Gasteiger partial charge in [-0.05, 0) is 25.0 Å². The van der Waals surface area contributed by atoms with Crippen molar-refractivity contribution in [3.05, 3.63) is 35.4 Å². The summed E-state index contributed by atoms with van der Waals surface area (Å²) in [6.07, 6.45) is 1.76. The molecule has 0 saturated carbocycles. The zero-order chi connectivity index (χ0) is 16.3. The van der Waals surface area contributed by atoms with Crippen LogP contribution in [-0.2, 0) is 9.84 Å². The molecule has 22 heavy (non-hydrogen) atoms. The van der Waals surface area contributed by atoms with E-state index in [2.05, 4.69) is 0 Å². The van der Waals surface area contributed by atoms with E-state index in [1.165, 1.54) is 11.0 Å². The Morgan fingerprint density at radius 1 is 1.32 bits per heavy atom. The van der Waals surface area contributed by atoms with Crippen molar-refractivity contribution in [1.29, 1.82) is 0 Å². The molecule has 1 aliphatic heterocycles. The summed E-state index contributed by atoms with van der Waals surface area (Å²) >= 11 is 0. The summed E-state index contributed by atoms with van der Waals surface area (Å²) in [7, 11) is -3.18. The molecule has 122 valence electrons. The Balaban J connectivity index is 2.31. The van der Waals surface area contributed by atoms with Gasteiger partial charge in [0.25, 0.3) is 5.91 Å². The Kier molecular flexibility index (Phi) is 5.16. The van der Waals surface area contributed by atoms with E-state index in [9.17, 15) is 22.0 Å². The molecule has 1 aromatic rings. The van der Waals surface area contributed by atoms with Crippen LogP contribution in [0.2, 0.25) is 0 Å². The Morgan fingerprint density at radius 2 is 1.95 bits per heavy atom. The lowest BCUT2D eigenvalue weighted by molar-refractivity contribution is 0.0684. The molecule has 7 heteroatoms. The van der Waals surface area contributed by atoms with Crippen LogP contribution in [0, 0.1) is 11.6 Å². The summed E-state index contributed by atoms with van der Waals surface area (Å²) in [5, 5.41) is 0. The third-order valence-electron chi connectivity index (χ3n) is 3.84. The second-order valence-corrected chi connectivity index (χ2v) is 7.73. The van der Waals surface area contributed by atoms with Crippen molar-refractivity contribution in [3.63, 3.8) is 0 Å². The number of unbranched alkanes of at least 4 members (excludes halogenated alkanes) is 1. The topological polar surface area (TPSA) is 54.5 Å². The van der Waals surface area contributed by atoms with Gasteiger partial charge in [0.15, 0.2) is 9.84 Å². The van der Waals surface area contributed by atoms with Crippen LogP contribution in [0.3, 0.4) is 0 Å². The lowest BCUT2D eigenvalue weighted by Crippen LogP contribution is -2.42. The summed E-state index contributed by atoms with van der Waals surface area (Å²) in [4.78, 5) is 13.9. The molecule has 2 rings (SSSR count). The molecule has 1 saturated heterocycles. The standard InChI is InChI=1S/C15H19F2NO3S/c1-2-3-8-18(11-7-9-22(20,21)10-11)15(19)14-12(16)5-4-6-13(14)17/h4-6,11H,2-3,7-10H2,1H3. The predicted octanol–water partition coefficient (Wildman–Crippen LogP) is 2.39. The first-order chi connectivity index (χ1) is 10.4. The van der Waals surface area contributed by atoms with Crippen LogP contribution in [0.4, 0.5) is 8.78 Å². The Hall–Kier alpha value is -1.50. The number of hydrogen-bond acceptors (Lipinski definition) is 3.